The average molecular weight is 264 g/mol. The summed E-state index contributed by atoms with van der Waals surface area (Å²) in [4.78, 5) is 10.4. The van der Waals surface area contributed by atoms with Gasteiger partial charge in [-0.25, -0.2) is 0 Å². The minimum absolute atomic E-state index is 0.156. The standard InChI is InChI=1S/C14H20N2O3/c1-10-9-12(5-6-14(10)16(18)19)15-13-4-2-3-11(13)7-8-17/h5-6,9,11,13,15,17H,2-4,7-8H2,1H3. The summed E-state index contributed by atoms with van der Waals surface area (Å²) in [5, 5.41) is 23.3. The van der Waals surface area contributed by atoms with Crippen LogP contribution >= 0.6 is 0 Å². The van der Waals surface area contributed by atoms with E-state index in [1.807, 2.05) is 6.07 Å². The highest BCUT2D eigenvalue weighted by atomic mass is 16.6. The second-order valence-corrected chi connectivity index (χ2v) is 5.21. The number of rotatable bonds is 5. The second-order valence-electron chi connectivity index (χ2n) is 5.21. The molecule has 5 heteroatoms. The van der Waals surface area contributed by atoms with Gasteiger partial charge in [-0.15, -0.1) is 0 Å². The Morgan fingerprint density at radius 1 is 1.47 bits per heavy atom. The predicted octanol–water partition coefficient (Wildman–Crippen LogP) is 2.87. The fourth-order valence-corrected chi connectivity index (χ4v) is 2.90. The van der Waals surface area contributed by atoms with Crippen molar-refractivity contribution in [1.29, 1.82) is 0 Å². The molecule has 1 fully saturated rings. The molecule has 1 aromatic carbocycles. The molecular formula is C14H20N2O3. The maximum Gasteiger partial charge on any atom is 0.272 e. The molecule has 0 saturated heterocycles. The number of nitro benzene ring substituents is 1. The van der Waals surface area contributed by atoms with E-state index in [4.69, 9.17) is 5.11 Å². The molecule has 1 saturated carbocycles. The first-order valence-electron chi connectivity index (χ1n) is 6.74. The minimum Gasteiger partial charge on any atom is -0.396 e. The van der Waals surface area contributed by atoms with E-state index >= 15 is 0 Å². The number of nitrogens with one attached hydrogen (secondary N) is 1. The number of benzene rings is 1. The molecule has 2 N–H and O–H groups in total. The molecule has 0 bridgehead atoms. The molecule has 2 unspecified atom stereocenters. The summed E-state index contributed by atoms with van der Waals surface area (Å²) in [7, 11) is 0. The number of aliphatic hydroxyl groups is 1. The van der Waals surface area contributed by atoms with E-state index in [2.05, 4.69) is 5.32 Å². The zero-order valence-electron chi connectivity index (χ0n) is 11.1. The maximum absolute atomic E-state index is 10.8. The van der Waals surface area contributed by atoms with Gasteiger partial charge < -0.3 is 10.4 Å². The Kier molecular flexibility index (Phi) is 4.37. The third kappa shape index (κ3) is 3.23. The smallest absolute Gasteiger partial charge is 0.272 e. The Bertz CT molecular complexity index is 462. The van der Waals surface area contributed by atoms with E-state index in [0.29, 0.717) is 17.5 Å². The summed E-state index contributed by atoms with van der Waals surface area (Å²) in [6.45, 7) is 1.98. The third-order valence-electron chi connectivity index (χ3n) is 3.90. The number of hydrogen-bond acceptors (Lipinski definition) is 4. The Balaban J connectivity index is 2.07. The van der Waals surface area contributed by atoms with Gasteiger partial charge in [-0.05, 0) is 44.2 Å². The number of hydrogen-bond donors (Lipinski definition) is 2. The third-order valence-corrected chi connectivity index (χ3v) is 3.90. The number of aliphatic hydroxyl groups excluding tert-OH is 1. The predicted molar refractivity (Wildman–Crippen MR) is 74.3 cm³/mol. The number of nitrogens with zero attached hydrogens (tertiary/aromatic N) is 1. The molecule has 2 rings (SSSR count). The summed E-state index contributed by atoms with van der Waals surface area (Å²) < 4.78 is 0. The van der Waals surface area contributed by atoms with E-state index in [1.54, 1.807) is 19.1 Å². The highest BCUT2D eigenvalue weighted by Crippen LogP contribution is 2.31. The fourth-order valence-electron chi connectivity index (χ4n) is 2.90. The number of aryl methyl sites for hydroxylation is 1. The molecule has 1 aliphatic rings. The van der Waals surface area contributed by atoms with Crippen molar-refractivity contribution in [3.8, 4) is 0 Å². The van der Waals surface area contributed by atoms with Crippen molar-refractivity contribution in [3.05, 3.63) is 33.9 Å². The van der Waals surface area contributed by atoms with Crippen LogP contribution in [-0.2, 0) is 0 Å². The number of anilines is 1. The number of nitro groups is 1. The van der Waals surface area contributed by atoms with E-state index in [0.717, 1.165) is 24.9 Å². The SMILES string of the molecule is Cc1cc(NC2CCCC2CCO)ccc1[N+](=O)[O-]. The molecule has 2 atom stereocenters. The van der Waals surface area contributed by atoms with Crippen LogP contribution in [0.15, 0.2) is 18.2 Å². The van der Waals surface area contributed by atoms with Crippen LogP contribution in [0, 0.1) is 23.0 Å². The van der Waals surface area contributed by atoms with Crippen molar-refractivity contribution < 1.29 is 10.0 Å². The van der Waals surface area contributed by atoms with Crippen LogP contribution in [-0.4, -0.2) is 22.7 Å². The van der Waals surface area contributed by atoms with Crippen molar-refractivity contribution in [1.82, 2.24) is 0 Å². The normalized spacial score (nSPS) is 22.4. The monoisotopic (exact) mass is 264 g/mol. The van der Waals surface area contributed by atoms with Crippen LogP contribution in [0.2, 0.25) is 0 Å². The average Bonchev–Trinajstić information content (AvgIpc) is 2.77. The van der Waals surface area contributed by atoms with Gasteiger partial charge in [-0.1, -0.05) is 6.42 Å². The molecule has 1 aromatic rings. The van der Waals surface area contributed by atoms with Gasteiger partial charge in [0.25, 0.3) is 5.69 Å². The minimum atomic E-state index is -0.358. The Morgan fingerprint density at radius 3 is 2.89 bits per heavy atom. The molecule has 104 valence electrons. The lowest BCUT2D eigenvalue weighted by molar-refractivity contribution is -0.385. The summed E-state index contributed by atoms with van der Waals surface area (Å²) in [6, 6.07) is 5.51. The van der Waals surface area contributed by atoms with E-state index in [1.165, 1.54) is 6.42 Å². The molecule has 0 aromatic heterocycles. The first kappa shape index (κ1) is 13.8. The maximum atomic E-state index is 10.8. The van der Waals surface area contributed by atoms with Crippen molar-refractivity contribution in [2.75, 3.05) is 11.9 Å². The quantitative estimate of drug-likeness (QED) is 0.633. The van der Waals surface area contributed by atoms with Crippen molar-refractivity contribution in [3.63, 3.8) is 0 Å². The van der Waals surface area contributed by atoms with E-state index < -0.39 is 0 Å². The lowest BCUT2D eigenvalue weighted by atomic mass is 9.99. The lowest BCUT2D eigenvalue weighted by Crippen LogP contribution is -2.24. The molecule has 5 nitrogen and oxygen atoms in total. The van der Waals surface area contributed by atoms with Crippen LogP contribution in [0.25, 0.3) is 0 Å². The Labute approximate surface area is 112 Å². The van der Waals surface area contributed by atoms with Gasteiger partial charge in [0.05, 0.1) is 4.92 Å². The highest BCUT2D eigenvalue weighted by molar-refractivity contribution is 5.54. The molecule has 0 amide bonds. The van der Waals surface area contributed by atoms with Crippen molar-refractivity contribution in [2.45, 2.75) is 38.6 Å². The van der Waals surface area contributed by atoms with Gasteiger partial charge in [0.1, 0.15) is 0 Å². The van der Waals surface area contributed by atoms with Gasteiger partial charge in [0.15, 0.2) is 0 Å². The molecule has 0 heterocycles. The van der Waals surface area contributed by atoms with Crippen LogP contribution in [0.1, 0.15) is 31.2 Å². The second kappa shape index (κ2) is 6.02. The first-order chi connectivity index (χ1) is 9.11. The fraction of sp³-hybridized carbons (Fsp3) is 0.571. The molecule has 0 aliphatic heterocycles. The van der Waals surface area contributed by atoms with Gasteiger partial charge in [0.2, 0.25) is 0 Å². The largest absolute Gasteiger partial charge is 0.396 e. The van der Waals surface area contributed by atoms with Crippen LogP contribution in [0.3, 0.4) is 0 Å². The first-order valence-corrected chi connectivity index (χ1v) is 6.74. The zero-order chi connectivity index (χ0) is 13.8. The highest BCUT2D eigenvalue weighted by Gasteiger charge is 2.26. The van der Waals surface area contributed by atoms with Crippen molar-refractivity contribution in [2.24, 2.45) is 5.92 Å². The zero-order valence-corrected chi connectivity index (χ0v) is 11.1. The van der Waals surface area contributed by atoms with Gasteiger partial charge >= 0.3 is 0 Å². The van der Waals surface area contributed by atoms with E-state index in [-0.39, 0.29) is 17.2 Å². The van der Waals surface area contributed by atoms with Gasteiger partial charge in [-0.3, -0.25) is 10.1 Å². The molecule has 0 radical (unpaired) electrons. The summed E-state index contributed by atoms with van der Waals surface area (Å²) in [6.07, 6.45) is 4.24. The molecule has 1 aliphatic carbocycles. The van der Waals surface area contributed by atoms with Gasteiger partial charge in [0, 0.05) is 30.0 Å². The molecular weight excluding hydrogens is 244 g/mol. The summed E-state index contributed by atoms with van der Waals surface area (Å²) in [5.41, 5.74) is 1.76. The summed E-state index contributed by atoms with van der Waals surface area (Å²) >= 11 is 0. The Hall–Kier alpha value is -1.62. The van der Waals surface area contributed by atoms with Crippen LogP contribution in [0.4, 0.5) is 11.4 Å². The van der Waals surface area contributed by atoms with E-state index in [9.17, 15) is 10.1 Å². The van der Waals surface area contributed by atoms with Crippen LogP contribution < -0.4 is 5.32 Å². The van der Waals surface area contributed by atoms with Gasteiger partial charge in [-0.2, -0.15) is 0 Å². The Morgan fingerprint density at radius 2 is 2.26 bits per heavy atom. The molecule has 19 heavy (non-hydrogen) atoms. The lowest BCUT2D eigenvalue weighted by Gasteiger charge is -2.21. The van der Waals surface area contributed by atoms with Crippen molar-refractivity contribution >= 4 is 11.4 Å². The molecule has 0 spiro atoms. The van der Waals surface area contributed by atoms with Crippen LogP contribution in [0.5, 0.6) is 0 Å². The topological polar surface area (TPSA) is 75.4 Å². The summed E-state index contributed by atoms with van der Waals surface area (Å²) in [5.74, 6) is 0.500.